The topological polar surface area (TPSA) is 104 Å². The van der Waals surface area contributed by atoms with E-state index < -0.39 is 11.3 Å². The number of imidazole rings is 1. The smallest absolute Gasteiger partial charge is 0.321 e. The molecule has 1 aromatic carbocycles. The Morgan fingerprint density at radius 2 is 2.17 bits per heavy atom. The average molecular weight is 332 g/mol. The van der Waals surface area contributed by atoms with Crippen molar-refractivity contribution in [3.8, 4) is 0 Å². The highest BCUT2D eigenvalue weighted by atomic mass is 32.2. The third kappa shape index (κ3) is 3.00. The summed E-state index contributed by atoms with van der Waals surface area (Å²) in [5, 5.41) is 12.0. The molecule has 120 valence electrons. The Morgan fingerprint density at radius 1 is 1.39 bits per heavy atom. The van der Waals surface area contributed by atoms with Crippen molar-refractivity contribution < 1.29 is 9.59 Å². The van der Waals surface area contributed by atoms with Crippen molar-refractivity contribution in [2.24, 2.45) is 0 Å². The highest BCUT2D eigenvalue weighted by Gasteiger charge is 2.20. The number of nitrogens with zero attached hydrogens (tertiary/aromatic N) is 3. The number of amides is 3. The summed E-state index contributed by atoms with van der Waals surface area (Å²) in [7, 11) is 0. The van der Waals surface area contributed by atoms with Crippen LogP contribution in [0.1, 0.15) is 13.8 Å². The predicted molar refractivity (Wildman–Crippen MR) is 87.4 cm³/mol. The van der Waals surface area contributed by atoms with Gasteiger partial charge in [0.2, 0.25) is 11.7 Å². The molecule has 0 aliphatic heterocycles. The molecule has 9 heteroatoms. The van der Waals surface area contributed by atoms with Gasteiger partial charge in [0, 0.05) is 6.54 Å². The summed E-state index contributed by atoms with van der Waals surface area (Å²) in [6, 6.07) is 7.19. The van der Waals surface area contributed by atoms with E-state index in [-0.39, 0.29) is 5.91 Å². The van der Waals surface area contributed by atoms with Crippen molar-refractivity contribution in [1.29, 1.82) is 0 Å². The molecule has 23 heavy (non-hydrogen) atoms. The second kappa shape index (κ2) is 6.29. The Bertz CT molecular complexity index is 871. The van der Waals surface area contributed by atoms with Crippen LogP contribution in [-0.2, 0) is 4.79 Å². The Balaban J connectivity index is 1.81. The van der Waals surface area contributed by atoms with E-state index in [1.54, 1.807) is 13.8 Å². The molecule has 0 aliphatic rings. The van der Waals surface area contributed by atoms with Crippen LogP contribution < -0.4 is 10.6 Å². The van der Waals surface area contributed by atoms with Crippen molar-refractivity contribution >= 4 is 40.5 Å². The standard InChI is InChI=1S/C14H16N6O2S/c1-3-15-13(22)17-11(21)8(2)23-14-19-18-12-16-9-6-4-5-7-10(9)20(12)14/h4-8H,3H2,1-2H3,(H,16,18)(H2,15,17,21,22)/t8-/m0/s1. The number of hydrogen-bond donors (Lipinski definition) is 3. The van der Waals surface area contributed by atoms with Crippen molar-refractivity contribution in [3.05, 3.63) is 24.3 Å². The third-order valence-corrected chi connectivity index (χ3v) is 4.28. The fraction of sp³-hybridized carbons (Fsp3) is 0.286. The van der Waals surface area contributed by atoms with Gasteiger partial charge in [0.25, 0.3) is 0 Å². The molecular weight excluding hydrogens is 316 g/mol. The van der Waals surface area contributed by atoms with Gasteiger partial charge in [-0.05, 0) is 26.0 Å². The van der Waals surface area contributed by atoms with Gasteiger partial charge in [-0.3, -0.25) is 14.5 Å². The number of hydrogen-bond acceptors (Lipinski definition) is 5. The molecule has 2 aromatic heterocycles. The Morgan fingerprint density at radius 3 is 2.96 bits per heavy atom. The second-order valence-corrected chi connectivity index (χ2v) is 6.18. The van der Waals surface area contributed by atoms with Crippen molar-refractivity contribution in [3.63, 3.8) is 0 Å². The number of aromatic nitrogens is 4. The predicted octanol–water partition coefficient (Wildman–Crippen LogP) is 1.54. The van der Waals surface area contributed by atoms with Gasteiger partial charge in [0.15, 0.2) is 5.16 Å². The van der Waals surface area contributed by atoms with Crippen molar-refractivity contribution in [2.45, 2.75) is 24.3 Å². The number of para-hydroxylation sites is 2. The SMILES string of the molecule is CCNC(=O)NC(=O)[C@H](C)Sc1n[nH]c2nc3ccccc3n12. The number of fused-ring (bicyclic) bond motifs is 3. The average Bonchev–Trinajstić information content (AvgIpc) is 3.07. The largest absolute Gasteiger partial charge is 0.338 e. The molecule has 3 rings (SSSR count). The minimum Gasteiger partial charge on any atom is -0.338 e. The number of nitrogens with one attached hydrogen (secondary N) is 3. The van der Waals surface area contributed by atoms with E-state index >= 15 is 0 Å². The van der Waals surface area contributed by atoms with E-state index in [9.17, 15) is 9.59 Å². The summed E-state index contributed by atoms with van der Waals surface area (Å²) in [5.74, 6) is 0.242. The minimum atomic E-state index is -0.495. The quantitative estimate of drug-likeness (QED) is 0.629. The van der Waals surface area contributed by atoms with E-state index in [1.165, 1.54) is 11.8 Å². The Labute approximate surface area is 136 Å². The second-order valence-electron chi connectivity index (χ2n) is 4.87. The first-order chi connectivity index (χ1) is 11.1. The molecule has 0 unspecified atom stereocenters. The zero-order valence-corrected chi connectivity index (χ0v) is 13.5. The van der Waals surface area contributed by atoms with E-state index in [4.69, 9.17) is 0 Å². The van der Waals surface area contributed by atoms with Gasteiger partial charge in [-0.15, -0.1) is 5.10 Å². The molecule has 0 radical (unpaired) electrons. The number of H-pyrrole nitrogens is 1. The molecule has 0 spiro atoms. The van der Waals surface area contributed by atoms with Gasteiger partial charge >= 0.3 is 6.03 Å². The summed E-state index contributed by atoms with van der Waals surface area (Å²) in [5.41, 5.74) is 1.76. The van der Waals surface area contributed by atoms with Crippen LogP contribution in [0.2, 0.25) is 0 Å². The van der Waals surface area contributed by atoms with Gasteiger partial charge in [0.05, 0.1) is 16.3 Å². The maximum atomic E-state index is 12.0. The third-order valence-electron chi connectivity index (χ3n) is 3.23. The molecule has 0 saturated carbocycles. The first-order valence-electron chi connectivity index (χ1n) is 7.17. The van der Waals surface area contributed by atoms with Gasteiger partial charge in [-0.25, -0.2) is 14.9 Å². The van der Waals surface area contributed by atoms with Gasteiger partial charge in [-0.2, -0.15) is 0 Å². The van der Waals surface area contributed by atoms with Gasteiger partial charge < -0.3 is 5.32 Å². The lowest BCUT2D eigenvalue weighted by molar-refractivity contribution is -0.119. The van der Waals surface area contributed by atoms with Crippen LogP contribution in [0.15, 0.2) is 29.4 Å². The monoisotopic (exact) mass is 332 g/mol. The number of carbonyl (C=O) groups is 2. The molecule has 0 aliphatic carbocycles. The summed E-state index contributed by atoms with van der Waals surface area (Å²) < 4.78 is 1.86. The van der Waals surface area contributed by atoms with Crippen LogP contribution in [0.3, 0.4) is 0 Å². The first-order valence-corrected chi connectivity index (χ1v) is 8.05. The summed E-state index contributed by atoms with van der Waals surface area (Å²) in [4.78, 5) is 27.9. The van der Waals surface area contributed by atoms with Crippen LogP contribution in [0.25, 0.3) is 16.8 Å². The number of aromatic amines is 1. The molecule has 3 aromatic rings. The van der Waals surface area contributed by atoms with Crippen LogP contribution in [0.5, 0.6) is 0 Å². The number of benzene rings is 1. The number of carbonyl (C=O) groups excluding carboxylic acids is 2. The van der Waals surface area contributed by atoms with E-state index in [0.29, 0.717) is 17.5 Å². The highest BCUT2D eigenvalue weighted by Crippen LogP contribution is 2.25. The minimum absolute atomic E-state index is 0.374. The lowest BCUT2D eigenvalue weighted by Gasteiger charge is -2.10. The zero-order chi connectivity index (χ0) is 16.4. The molecule has 2 heterocycles. The van der Waals surface area contributed by atoms with Crippen molar-refractivity contribution in [2.75, 3.05) is 6.54 Å². The number of urea groups is 1. The summed E-state index contributed by atoms with van der Waals surface area (Å²) >= 11 is 1.26. The van der Waals surface area contributed by atoms with Crippen LogP contribution >= 0.6 is 11.8 Å². The molecule has 0 fully saturated rings. The van der Waals surface area contributed by atoms with Gasteiger partial charge in [0.1, 0.15) is 0 Å². The van der Waals surface area contributed by atoms with Crippen molar-refractivity contribution in [1.82, 2.24) is 30.2 Å². The summed E-state index contributed by atoms with van der Waals surface area (Å²) in [6.45, 7) is 3.97. The number of rotatable bonds is 4. The maximum absolute atomic E-state index is 12.0. The van der Waals surface area contributed by atoms with Crippen LogP contribution in [0, 0.1) is 0 Å². The fourth-order valence-electron chi connectivity index (χ4n) is 2.15. The Hall–Kier alpha value is -2.55. The van der Waals surface area contributed by atoms with E-state index in [1.807, 2.05) is 28.7 Å². The lowest BCUT2D eigenvalue weighted by atomic mass is 10.3. The summed E-state index contributed by atoms with van der Waals surface area (Å²) in [6.07, 6.45) is 0. The highest BCUT2D eigenvalue weighted by molar-refractivity contribution is 8.00. The van der Waals surface area contributed by atoms with Crippen LogP contribution in [-0.4, -0.2) is 43.3 Å². The van der Waals surface area contributed by atoms with Gasteiger partial charge in [-0.1, -0.05) is 23.9 Å². The lowest BCUT2D eigenvalue weighted by Crippen LogP contribution is -2.42. The molecule has 1 atom stereocenters. The maximum Gasteiger partial charge on any atom is 0.321 e. The first kappa shape index (κ1) is 15.3. The fourth-order valence-corrected chi connectivity index (χ4v) is 3.02. The molecular formula is C14H16N6O2S. The molecule has 0 saturated heterocycles. The van der Waals surface area contributed by atoms with E-state index in [2.05, 4.69) is 25.8 Å². The molecule has 0 bridgehead atoms. The number of imide groups is 1. The normalized spacial score (nSPS) is 12.4. The number of thioether (sulfide) groups is 1. The van der Waals surface area contributed by atoms with E-state index in [0.717, 1.165) is 11.0 Å². The molecule has 3 amide bonds. The van der Waals surface area contributed by atoms with Crippen LogP contribution in [0.4, 0.5) is 4.79 Å². The zero-order valence-electron chi connectivity index (χ0n) is 12.7. The molecule has 3 N–H and O–H groups in total. The molecule has 8 nitrogen and oxygen atoms in total. The Kier molecular flexibility index (Phi) is 4.20.